The number of hydrogen-bond acceptors (Lipinski definition) is 6. The van der Waals surface area contributed by atoms with Crippen molar-refractivity contribution in [3.63, 3.8) is 0 Å². The van der Waals surface area contributed by atoms with Crippen molar-refractivity contribution in [3.8, 4) is 34.7 Å². The van der Waals surface area contributed by atoms with E-state index in [0.29, 0.717) is 34.5 Å². The van der Waals surface area contributed by atoms with Crippen LogP contribution in [-0.4, -0.2) is 37.7 Å². The summed E-state index contributed by atoms with van der Waals surface area (Å²) >= 11 is 0. The van der Waals surface area contributed by atoms with Crippen LogP contribution >= 0.6 is 0 Å². The molecule has 2 aromatic heterocycles. The lowest BCUT2D eigenvalue weighted by Crippen LogP contribution is -2.03. The molecule has 5 aromatic rings. The highest BCUT2D eigenvalue weighted by atomic mass is 16.5. The van der Waals surface area contributed by atoms with Crippen LogP contribution in [0, 0.1) is 18.8 Å². The monoisotopic (exact) mass is 490 g/mol. The minimum atomic E-state index is -1.13. The van der Waals surface area contributed by atoms with E-state index in [9.17, 15) is 9.90 Å². The third-order valence-corrected chi connectivity index (χ3v) is 5.48. The van der Waals surface area contributed by atoms with E-state index in [0.717, 1.165) is 11.1 Å². The van der Waals surface area contributed by atoms with Crippen molar-refractivity contribution >= 4 is 5.97 Å². The predicted molar refractivity (Wildman–Crippen MR) is 137 cm³/mol. The number of carboxylic acid groups (broad SMARTS) is 1. The van der Waals surface area contributed by atoms with Crippen molar-refractivity contribution in [1.29, 1.82) is 0 Å². The Bertz CT molecular complexity index is 1600. The number of nitrogens with zero attached hydrogens (tertiary/aromatic N) is 4. The maximum Gasteiger partial charge on any atom is 0.358 e. The number of aryl methyl sites for hydroxylation is 1. The van der Waals surface area contributed by atoms with Gasteiger partial charge in [0, 0.05) is 12.0 Å². The molecule has 0 unspecified atom stereocenters. The van der Waals surface area contributed by atoms with E-state index in [1.54, 1.807) is 0 Å². The van der Waals surface area contributed by atoms with Crippen LogP contribution in [0.1, 0.15) is 33.2 Å². The minimum absolute atomic E-state index is 0.0844. The average Bonchev–Trinajstić information content (AvgIpc) is 3.51. The van der Waals surface area contributed by atoms with Gasteiger partial charge >= 0.3 is 5.97 Å². The lowest BCUT2D eigenvalue weighted by molar-refractivity contribution is 0.0689. The van der Waals surface area contributed by atoms with Gasteiger partial charge in [-0.15, -0.1) is 5.10 Å². The first-order valence-electron chi connectivity index (χ1n) is 11.6. The zero-order valence-electron chi connectivity index (χ0n) is 20.0. The number of para-hydroxylation sites is 1. The largest absolute Gasteiger partial charge is 0.481 e. The lowest BCUT2D eigenvalue weighted by atomic mass is 10.1. The molecule has 2 heterocycles. The van der Waals surface area contributed by atoms with E-state index < -0.39 is 5.97 Å². The molecule has 0 aliphatic carbocycles. The number of hydrogen-bond donors (Lipinski definition) is 1. The molecule has 182 valence electrons. The maximum absolute atomic E-state index is 11.8. The summed E-state index contributed by atoms with van der Waals surface area (Å²) in [4.78, 5) is 17.6. The van der Waals surface area contributed by atoms with Gasteiger partial charge in [0.15, 0.2) is 11.4 Å². The molecule has 8 heteroatoms. The Balaban J connectivity index is 1.26. The van der Waals surface area contributed by atoms with Crippen molar-refractivity contribution in [2.24, 2.45) is 0 Å². The van der Waals surface area contributed by atoms with Crippen molar-refractivity contribution < 1.29 is 19.1 Å². The van der Waals surface area contributed by atoms with Crippen LogP contribution in [-0.2, 0) is 6.42 Å². The molecule has 0 aliphatic rings. The Labute approximate surface area is 213 Å². The summed E-state index contributed by atoms with van der Waals surface area (Å²) in [6.07, 6.45) is 0.289. The summed E-state index contributed by atoms with van der Waals surface area (Å²) in [5.41, 5.74) is 3.27. The Hall–Kier alpha value is -5.16. The van der Waals surface area contributed by atoms with Crippen LogP contribution in [0.5, 0.6) is 5.75 Å². The molecule has 8 nitrogen and oxygen atoms in total. The highest BCUT2D eigenvalue weighted by Crippen LogP contribution is 2.21. The number of ether oxygens (including phenoxy) is 1. The summed E-state index contributed by atoms with van der Waals surface area (Å²) in [5, 5.41) is 18.2. The molecule has 5 rings (SSSR count). The smallest absolute Gasteiger partial charge is 0.358 e. The number of carbonyl (C=O) groups is 1. The van der Waals surface area contributed by atoms with E-state index in [1.165, 1.54) is 4.80 Å². The van der Waals surface area contributed by atoms with Crippen molar-refractivity contribution in [2.45, 2.75) is 13.3 Å². The van der Waals surface area contributed by atoms with Gasteiger partial charge < -0.3 is 14.3 Å². The highest BCUT2D eigenvalue weighted by Gasteiger charge is 2.19. The Kier molecular flexibility index (Phi) is 6.77. The molecular formula is C29H22N4O4. The number of rotatable bonds is 7. The molecule has 0 spiro atoms. The fourth-order valence-corrected chi connectivity index (χ4v) is 3.69. The standard InChI is InChI=1S/C29H22N4O4/c1-20-25(30-28(37-20)22-11-4-2-5-12-22)16-9-17-36-24-15-8-10-21(18-24)19-26-27(29(34)35)32-33(31-26)23-13-6-3-7-14-23/h2-8,10-15,18H,17,19H2,1H3,(H,34,35). The van der Waals surface area contributed by atoms with Gasteiger partial charge in [0.1, 0.15) is 23.8 Å². The van der Waals surface area contributed by atoms with Crippen molar-refractivity contribution in [3.05, 3.63) is 113 Å². The third kappa shape index (κ3) is 5.57. The number of aromatic nitrogens is 4. The lowest BCUT2D eigenvalue weighted by Gasteiger charge is -2.05. The van der Waals surface area contributed by atoms with Crippen LogP contribution in [0.2, 0.25) is 0 Å². The summed E-state index contributed by atoms with van der Waals surface area (Å²) in [6.45, 7) is 1.98. The average molecular weight is 491 g/mol. The number of carboxylic acids is 1. The zero-order valence-corrected chi connectivity index (χ0v) is 20.0. The molecular weight excluding hydrogens is 468 g/mol. The van der Waals surface area contributed by atoms with Gasteiger partial charge in [0.2, 0.25) is 5.89 Å². The molecule has 0 aliphatic heterocycles. The maximum atomic E-state index is 11.8. The summed E-state index contributed by atoms with van der Waals surface area (Å²) in [7, 11) is 0. The quantitative estimate of drug-likeness (QED) is 0.322. The van der Waals surface area contributed by atoms with Crippen LogP contribution in [0.3, 0.4) is 0 Å². The van der Waals surface area contributed by atoms with Crippen LogP contribution in [0.15, 0.2) is 89.3 Å². The number of oxazole rings is 1. The van der Waals surface area contributed by atoms with Gasteiger partial charge in [-0.2, -0.15) is 9.90 Å². The molecule has 0 fully saturated rings. The van der Waals surface area contributed by atoms with E-state index in [1.807, 2.05) is 91.9 Å². The molecule has 0 atom stereocenters. The number of benzene rings is 3. The third-order valence-electron chi connectivity index (χ3n) is 5.48. The second-order valence-corrected chi connectivity index (χ2v) is 8.13. The fourth-order valence-electron chi connectivity index (χ4n) is 3.69. The Morgan fingerprint density at radius 3 is 2.51 bits per heavy atom. The summed E-state index contributed by atoms with van der Waals surface area (Å²) in [6, 6.07) is 26.2. The zero-order chi connectivity index (χ0) is 25.6. The van der Waals surface area contributed by atoms with Crippen molar-refractivity contribution in [2.75, 3.05) is 6.61 Å². The van der Waals surface area contributed by atoms with E-state index >= 15 is 0 Å². The SMILES string of the molecule is Cc1oc(-c2ccccc2)nc1C#CCOc1cccc(Cc2nn(-c3ccccc3)nc2C(=O)O)c1. The van der Waals surface area contributed by atoms with Crippen LogP contribution in [0.25, 0.3) is 17.1 Å². The number of aromatic carboxylic acids is 1. The normalized spacial score (nSPS) is 10.5. The Morgan fingerprint density at radius 2 is 1.76 bits per heavy atom. The fraction of sp³-hybridized carbons (Fsp3) is 0.103. The molecule has 37 heavy (non-hydrogen) atoms. The first-order chi connectivity index (χ1) is 18.1. The summed E-state index contributed by atoms with van der Waals surface area (Å²) < 4.78 is 11.5. The first kappa shape index (κ1) is 23.6. The van der Waals surface area contributed by atoms with Gasteiger partial charge in [-0.3, -0.25) is 0 Å². The van der Waals surface area contributed by atoms with Gasteiger partial charge in [-0.1, -0.05) is 54.5 Å². The molecule has 0 amide bonds. The molecule has 1 N–H and O–H groups in total. The van der Waals surface area contributed by atoms with Crippen LogP contribution in [0.4, 0.5) is 0 Å². The Morgan fingerprint density at radius 1 is 1.00 bits per heavy atom. The van der Waals surface area contributed by atoms with Gasteiger partial charge in [0.05, 0.1) is 5.69 Å². The van der Waals surface area contributed by atoms with E-state index in [-0.39, 0.29) is 18.7 Å². The molecule has 0 bridgehead atoms. The minimum Gasteiger partial charge on any atom is -0.481 e. The molecule has 3 aromatic carbocycles. The van der Waals surface area contributed by atoms with Crippen LogP contribution < -0.4 is 4.74 Å². The van der Waals surface area contributed by atoms with Crippen molar-refractivity contribution in [1.82, 2.24) is 20.0 Å². The topological polar surface area (TPSA) is 103 Å². The molecule has 0 saturated carbocycles. The first-order valence-corrected chi connectivity index (χ1v) is 11.6. The van der Waals surface area contributed by atoms with E-state index in [2.05, 4.69) is 27.0 Å². The van der Waals surface area contributed by atoms with Gasteiger partial charge in [-0.25, -0.2) is 9.78 Å². The van der Waals surface area contributed by atoms with Gasteiger partial charge in [0.25, 0.3) is 0 Å². The highest BCUT2D eigenvalue weighted by molar-refractivity contribution is 5.86. The van der Waals surface area contributed by atoms with E-state index in [4.69, 9.17) is 9.15 Å². The summed E-state index contributed by atoms with van der Waals surface area (Å²) in [5.74, 6) is 6.63. The second-order valence-electron chi connectivity index (χ2n) is 8.13. The van der Waals surface area contributed by atoms with Gasteiger partial charge in [-0.05, 0) is 54.8 Å². The second kappa shape index (κ2) is 10.6. The molecule has 0 saturated heterocycles. The molecule has 0 radical (unpaired) electrons. The predicted octanol–water partition coefficient (Wildman–Crippen LogP) is 4.95.